The van der Waals surface area contributed by atoms with Crippen molar-refractivity contribution in [1.82, 2.24) is 9.97 Å². The topological polar surface area (TPSA) is 93.0 Å². The third-order valence-corrected chi connectivity index (χ3v) is 3.35. The first-order valence-electron chi connectivity index (χ1n) is 6.21. The van der Waals surface area contributed by atoms with E-state index in [2.05, 4.69) is 20.6 Å². The second-order valence-electron chi connectivity index (χ2n) is 3.99. The minimum Gasteiger partial charge on any atom is -0.370 e. The third kappa shape index (κ3) is 3.89. The van der Waals surface area contributed by atoms with E-state index in [9.17, 15) is 10.1 Å². The first kappa shape index (κ1) is 14.2. The van der Waals surface area contributed by atoms with E-state index in [-0.39, 0.29) is 5.69 Å². The van der Waals surface area contributed by atoms with Crippen LogP contribution in [0, 0.1) is 10.1 Å². The van der Waals surface area contributed by atoms with Gasteiger partial charge >= 0.3 is 0 Å². The molecule has 0 fully saturated rings. The maximum Gasteiger partial charge on any atom is 0.276 e. The van der Waals surface area contributed by atoms with Crippen LogP contribution in [0.2, 0.25) is 0 Å². The summed E-state index contributed by atoms with van der Waals surface area (Å²) in [4.78, 5) is 18.9. The predicted octanol–water partition coefficient (Wildman–Crippen LogP) is 2.53. The van der Waals surface area contributed by atoms with Gasteiger partial charge in [-0.05, 0) is 6.92 Å². The highest BCUT2D eigenvalue weighted by molar-refractivity contribution is 7.09. The van der Waals surface area contributed by atoms with Gasteiger partial charge in [0.05, 0.1) is 22.1 Å². The van der Waals surface area contributed by atoms with E-state index in [0.29, 0.717) is 24.7 Å². The monoisotopic (exact) mass is 293 g/mol. The molecule has 0 aromatic carbocycles. The Hall–Kier alpha value is -2.22. The summed E-state index contributed by atoms with van der Waals surface area (Å²) in [6.07, 6.45) is 2.52. The van der Waals surface area contributed by atoms with Crippen LogP contribution in [-0.4, -0.2) is 28.0 Å². The van der Waals surface area contributed by atoms with Crippen molar-refractivity contribution in [2.24, 2.45) is 0 Å². The minimum atomic E-state index is -0.422. The van der Waals surface area contributed by atoms with Gasteiger partial charge in [0.1, 0.15) is 11.6 Å². The molecule has 0 saturated carbocycles. The summed E-state index contributed by atoms with van der Waals surface area (Å²) < 4.78 is 0. The van der Waals surface area contributed by atoms with Gasteiger partial charge in [0.15, 0.2) is 0 Å². The Morgan fingerprint density at radius 1 is 1.35 bits per heavy atom. The number of nitrogens with zero attached hydrogens (tertiary/aromatic N) is 3. The zero-order valence-electron chi connectivity index (χ0n) is 11.0. The number of hydrogen-bond donors (Lipinski definition) is 2. The Morgan fingerprint density at radius 2 is 2.10 bits per heavy atom. The Morgan fingerprint density at radius 3 is 2.70 bits per heavy atom. The fourth-order valence-electron chi connectivity index (χ4n) is 1.66. The lowest BCUT2D eigenvalue weighted by molar-refractivity contribution is -0.384. The van der Waals surface area contributed by atoms with Crippen LogP contribution >= 0.6 is 11.3 Å². The summed E-state index contributed by atoms with van der Waals surface area (Å²) in [7, 11) is 0. The van der Waals surface area contributed by atoms with Gasteiger partial charge in [-0.2, -0.15) is 0 Å². The molecule has 0 bridgehead atoms. The normalized spacial score (nSPS) is 10.2. The van der Waals surface area contributed by atoms with E-state index in [0.717, 1.165) is 11.4 Å². The fraction of sp³-hybridized carbons (Fsp3) is 0.333. The van der Waals surface area contributed by atoms with Gasteiger partial charge in [0.2, 0.25) is 0 Å². The van der Waals surface area contributed by atoms with Crippen LogP contribution in [0.4, 0.5) is 17.3 Å². The Balaban J connectivity index is 2.03. The highest BCUT2D eigenvalue weighted by Crippen LogP contribution is 2.20. The molecule has 2 N–H and O–H groups in total. The largest absolute Gasteiger partial charge is 0.370 e. The molecule has 2 rings (SSSR count). The molecule has 106 valence electrons. The van der Waals surface area contributed by atoms with Gasteiger partial charge in [0, 0.05) is 31.1 Å². The standard InChI is InChI=1S/C12H15N5O2S/c1-2-13-10-7-9(17(18)19)8-11(16-10)14-4-3-12-15-5-6-20-12/h5-8H,2-4H2,1H3,(H2,13,14,16). The quantitative estimate of drug-likeness (QED) is 0.602. The maximum absolute atomic E-state index is 10.9. The van der Waals surface area contributed by atoms with Crippen molar-refractivity contribution in [3.63, 3.8) is 0 Å². The Bertz CT molecular complexity index is 573. The molecule has 0 aliphatic carbocycles. The van der Waals surface area contributed by atoms with Gasteiger partial charge in [0.25, 0.3) is 5.69 Å². The van der Waals surface area contributed by atoms with Gasteiger partial charge in [-0.25, -0.2) is 9.97 Å². The van der Waals surface area contributed by atoms with Crippen LogP contribution in [0.3, 0.4) is 0 Å². The fourth-order valence-corrected chi connectivity index (χ4v) is 2.28. The van der Waals surface area contributed by atoms with Crippen molar-refractivity contribution < 1.29 is 4.92 Å². The number of nitro groups is 1. The molecule has 2 aromatic heterocycles. The molecule has 20 heavy (non-hydrogen) atoms. The van der Waals surface area contributed by atoms with E-state index in [1.54, 1.807) is 17.5 Å². The van der Waals surface area contributed by atoms with E-state index < -0.39 is 4.92 Å². The molecule has 0 radical (unpaired) electrons. The summed E-state index contributed by atoms with van der Waals surface area (Å²) in [5.41, 5.74) is 0.0210. The Kier molecular flexibility index (Phi) is 4.83. The molecule has 2 aromatic rings. The highest BCUT2D eigenvalue weighted by atomic mass is 32.1. The first-order valence-corrected chi connectivity index (χ1v) is 7.09. The predicted molar refractivity (Wildman–Crippen MR) is 79.4 cm³/mol. The van der Waals surface area contributed by atoms with Crippen molar-refractivity contribution >= 4 is 28.7 Å². The second kappa shape index (κ2) is 6.80. The van der Waals surface area contributed by atoms with Crippen molar-refractivity contribution in [2.75, 3.05) is 23.7 Å². The first-order chi connectivity index (χ1) is 9.69. The lowest BCUT2D eigenvalue weighted by Crippen LogP contribution is -2.08. The molecular weight excluding hydrogens is 278 g/mol. The number of aromatic nitrogens is 2. The molecule has 8 heteroatoms. The van der Waals surface area contributed by atoms with Crippen molar-refractivity contribution in [2.45, 2.75) is 13.3 Å². The minimum absolute atomic E-state index is 0.0210. The average Bonchev–Trinajstić information content (AvgIpc) is 2.92. The molecular formula is C12H15N5O2S. The van der Waals surface area contributed by atoms with Crippen LogP contribution in [-0.2, 0) is 6.42 Å². The zero-order chi connectivity index (χ0) is 14.4. The number of nitrogens with one attached hydrogen (secondary N) is 2. The number of pyridine rings is 1. The van der Waals surface area contributed by atoms with E-state index in [1.165, 1.54) is 12.1 Å². The molecule has 0 saturated heterocycles. The lowest BCUT2D eigenvalue weighted by atomic mass is 10.3. The number of hydrogen-bond acceptors (Lipinski definition) is 7. The van der Waals surface area contributed by atoms with Gasteiger partial charge in [-0.15, -0.1) is 11.3 Å². The molecule has 0 unspecified atom stereocenters. The molecule has 2 heterocycles. The molecule has 0 atom stereocenters. The SMILES string of the molecule is CCNc1cc([N+](=O)[O-])cc(NCCc2nccs2)n1. The summed E-state index contributed by atoms with van der Waals surface area (Å²) in [6, 6.07) is 2.86. The average molecular weight is 293 g/mol. The van der Waals surface area contributed by atoms with Gasteiger partial charge in [-0.1, -0.05) is 0 Å². The number of rotatable bonds is 7. The second-order valence-corrected chi connectivity index (χ2v) is 4.97. The Labute approximate surface area is 120 Å². The lowest BCUT2D eigenvalue weighted by Gasteiger charge is -2.07. The van der Waals surface area contributed by atoms with Crippen LogP contribution in [0.1, 0.15) is 11.9 Å². The molecule has 0 amide bonds. The van der Waals surface area contributed by atoms with Gasteiger partial charge < -0.3 is 10.6 Å². The molecule has 7 nitrogen and oxygen atoms in total. The van der Waals surface area contributed by atoms with Crippen LogP contribution < -0.4 is 10.6 Å². The van der Waals surface area contributed by atoms with Crippen LogP contribution in [0.5, 0.6) is 0 Å². The maximum atomic E-state index is 10.9. The summed E-state index contributed by atoms with van der Waals surface area (Å²) in [5, 5.41) is 19.9. The summed E-state index contributed by atoms with van der Waals surface area (Å²) >= 11 is 1.59. The molecule has 0 aliphatic heterocycles. The highest BCUT2D eigenvalue weighted by Gasteiger charge is 2.10. The molecule has 0 spiro atoms. The number of anilines is 2. The summed E-state index contributed by atoms with van der Waals surface area (Å²) in [6.45, 7) is 3.20. The third-order valence-electron chi connectivity index (χ3n) is 2.51. The van der Waals surface area contributed by atoms with E-state index in [4.69, 9.17) is 0 Å². The van der Waals surface area contributed by atoms with E-state index in [1.807, 2.05) is 12.3 Å². The smallest absolute Gasteiger partial charge is 0.276 e. The zero-order valence-corrected chi connectivity index (χ0v) is 11.8. The van der Waals surface area contributed by atoms with Crippen molar-refractivity contribution in [1.29, 1.82) is 0 Å². The van der Waals surface area contributed by atoms with Crippen molar-refractivity contribution in [3.8, 4) is 0 Å². The van der Waals surface area contributed by atoms with Crippen LogP contribution in [0.25, 0.3) is 0 Å². The van der Waals surface area contributed by atoms with Crippen LogP contribution in [0.15, 0.2) is 23.7 Å². The van der Waals surface area contributed by atoms with Gasteiger partial charge in [-0.3, -0.25) is 10.1 Å². The molecule has 0 aliphatic rings. The number of thiazole rings is 1. The van der Waals surface area contributed by atoms with Crippen molar-refractivity contribution in [3.05, 3.63) is 38.8 Å². The van der Waals surface area contributed by atoms with E-state index >= 15 is 0 Å². The summed E-state index contributed by atoms with van der Waals surface area (Å²) in [5.74, 6) is 0.991.